The van der Waals surface area contributed by atoms with E-state index >= 15 is 0 Å². The number of aromatic nitrogens is 2. The Labute approximate surface area is 170 Å². The molecule has 0 saturated carbocycles. The van der Waals surface area contributed by atoms with E-state index in [1.165, 1.54) is 0 Å². The van der Waals surface area contributed by atoms with Crippen LogP contribution in [0.3, 0.4) is 0 Å². The Bertz CT molecular complexity index is 721. The average Bonchev–Trinajstić information content (AvgIpc) is 2.91. The van der Waals surface area contributed by atoms with Crippen LogP contribution in [0.25, 0.3) is 0 Å². The second kappa shape index (κ2) is 7.57. The summed E-state index contributed by atoms with van der Waals surface area (Å²) in [6.45, 7) is 20.4. The molecule has 3 rings (SSSR count). The number of ether oxygens (including phenoxy) is 3. The standard InChI is InChI=1S/C21H37N2O4Si/c1-13(2)21(6,7)28(8,9)24-12-17-16-10-18(26-17)23-11-15(5)19(25-14(3)4)22-20(23)27-16/h11,13-14,16-18H,10,12H2,1-9H3/q+1/t16-,17-,18-/m1/s1. The molecule has 1 fully saturated rings. The largest absolute Gasteiger partial charge is 0.504 e. The lowest BCUT2D eigenvalue weighted by Gasteiger charge is -2.43. The molecular weight excluding hydrogens is 372 g/mol. The van der Waals surface area contributed by atoms with Gasteiger partial charge < -0.3 is 18.6 Å². The molecule has 1 aromatic rings. The van der Waals surface area contributed by atoms with Crippen molar-refractivity contribution in [2.75, 3.05) is 6.61 Å². The van der Waals surface area contributed by atoms with E-state index in [4.69, 9.17) is 18.6 Å². The summed E-state index contributed by atoms with van der Waals surface area (Å²) in [4.78, 5) is 4.61. The Hall–Kier alpha value is -1.18. The van der Waals surface area contributed by atoms with Gasteiger partial charge in [0.05, 0.1) is 24.7 Å². The summed E-state index contributed by atoms with van der Waals surface area (Å²) in [5.74, 6) is 1.20. The van der Waals surface area contributed by atoms with E-state index in [2.05, 4.69) is 45.8 Å². The van der Waals surface area contributed by atoms with Crippen LogP contribution in [-0.2, 0) is 9.16 Å². The predicted molar refractivity (Wildman–Crippen MR) is 110 cm³/mol. The van der Waals surface area contributed by atoms with Gasteiger partial charge in [-0.25, -0.2) is 0 Å². The second-order valence-electron chi connectivity index (χ2n) is 9.80. The maximum Gasteiger partial charge on any atom is 0.504 e. The van der Waals surface area contributed by atoms with Crippen molar-refractivity contribution in [1.29, 1.82) is 0 Å². The SMILES string of the molecule is Cc1c[n+]2c(nc1OC(C)C)O[C@@H]1C[C@H]2O[C@@H]1CO[Si](C)(C)C(C)(C)C(C)C. The zero-order chi connectivity index (χ0) is 20.9. The lowest BCUT2D eigenvalue weighted by atomic mass is 9.99. The Balaban J connectivity index is 1.71. The van der Waals surface area contributed by atoms with Crippen molar-refractivity contribution < 1.29 is 23.2 Å². The van der Waals surface area contributed by atoms with Gasteiger partial charge in [0.15, 0.2) is 8.32 Å². The van der Waals surface area contributed by atoms with Crippen molar-refractivity contribution in [3.05, 3.63) is 11.8 Å². The maximum atomic E-state index is 6.53. The van der Waals surface area contributed by atoms with Crippen LogP contribution in [0.2, 0.25) is 18.1 Å². The van der Waals surface area contributed by atoms with Crippen LogP contribution >= 0.6 is 0 Å². The fraction of sp³-hybridized carbons (Fsp3) is 0.810. The van der Waals surface area contributed by atoms with Crippen LogP contribution in [0, 0.1) is 12.8 Å². The summed E-state index contributed by atoms with van der Waals surface area (Å²) in [6.07, 6.45) is 2.76. The minimum absolute atomic E-state index is 0.0286. The molecule has 7 heteroatoms. The Morgan fingerprint density at radius 2 is 1.96 bits per heavy atom. The molecule has 0 aliphatic carbocycles. The third-order valence-corrected chi connectivity index (χ3v) is 11.4. The van der Waals surface area contributed by atoms with Gasteiger partial charge in [0.1, 0.15) is 18.4 Å². The van der Waals surface area contributed by atoms with E-state index < -0.39 is 8.32 Å². The molecule has 0 radical (unpaired) electrons. The summed E-state index contributed by atoms with van der Waals surface area (Å²) >= 11 is 0. The molecule has 158 valence electrons. The molecule has 0 unspecified atom stereocenters. The van der Waals surface area contributed by atoms with Gasteiger partial charge in [-0.2, -0.15) is 4.57 Å². The first-order valence-corrected chi connectivity index (χ1v) is 13.4. The monoisotopic (exact) mass is 409 g/mol. The van der Waals surface area contributed by atoms with Crippen molar-refractivity contribution in [1.82, 2.24) is 4.98 Å². The molecule has 2 aliphatic heterocycles. The summed E-state index contributed by atoms with van der Waals surface area (Å²) in [6, 6.07) is 0.573. The van der Waals surface area contributed by atoms with Gasteiger partial charge in [-0.1, -0.05) is 27.7 Å². The molecule has 2 bridgehead atoms. The van der Waals surface area contributed by atoms with Crippen molar-refractivity contribution in [3.63, 3.8) is 0 Å². The minimum Gasteiger partial charge on any atom is -0.456 e. The van der Waals surface area contributed by atoms with Crippen LogP contribution in [0.15, 0.2) is 6.20 Å². The molecule has 0 amide bonds. The Morgan fingerprint density at radius 1 is 1.29 bits per heavy atom. The van der Waals surface area contributed by atoms with Gasteiger partial charge in [0, 0.05) is 4.98 Å². The smallest absolute Gasteiger partial charge is 0.456 e. The van der Waals surface area contributed by atoms with E-state index in [1.54, 1.807) is 0 Å². The zero-order valence-electron chi connectivity index (χ0n) is 18.9. The highest BCUT2D eigenvalue weighted by Crippen LogP contribution is 2.45. The first kappa shape index (κ1) is 21.5. The quantitative estimate of drug-likeness (QED) is 0.500. The molecular formula is C21H37N2O4Si+. The highest BCUT2D eigenvalue weighted by molar-refractivity contribution is 6.74. The van der Waals surface area contributed by atoms with Crippen LogP contribution < -0.4 is 14.0 Å². The minimum atomic E-state index is -1.90. The van der Waals surface area contributed by atoms with E-state index in [1.807, 2.05) is 31.5 Å². The topological polar surface area (TPSA) is 53.7 Å². The number of fused-ring (bicyclic) bond motifs is 4. The number of hydrogen-bond acceptors (Lipinski definition) is 5. The molecule has 3 atom stereocenters. The third-order valence-electron chi connectivity index (χ3n) is 6.79. The first-order valence-electron chi connectivity index (χ1n) is 10.5. The highest BCUT2D eigenvalue weighted by Gasteiger charge is 2.50. The highest BCUT2D eigenvalue weighted by atomic mass is 28.4. The van der Waals surface area contributed by atoms with Crippen molar-refractivity contribution in [2.24, 2.45) is 5.92 Å². The second-order valence-corrected chi connectivity index (χ2v) is 14.4. The molecule has 2 aliphatic rings. The first-order chi connectivity index (χ1) is 12.9. The number of nitrogens with zero attached hydrogens (tertiary/aromatic N) is 2. The third kappa shape index (κ3) is 3.93. The fourth-order valence-corrected chi connectivity index (χ4v) is 5.98. The van der Waals surface area contributed by atoms with Gasteiger partial charge in [-0.15, -0.1) is 0 Å². The molecule has 0 N–H and O–H groups in total. The van der Waals surface area contributed by atoms with Gasteiger partial charge in [0.25, 0.3) is 0 Å². The number of aryl methyl sites for hydroxylation is 1. The van der Waals surface area contributed by atoms with Crippen LogP contribution in [0.5, 0.6) is 11.9 Å². The molecule has 0 aromatic carbocycles. The summed E-state index contributed by atoms with van der Waals surface area (Å²) < 4.78 is 26.8. The lowest BCUT2D eigenvalue weighted by Crippen LogP contribution is -2.48. The normalized spacial score (nSPS) is 24.5. The zero-order valence-corrected chi connectivity index (χ0v) is 19.9. The summed E-state index contributed by atoms with van der Waals surface area (Å²) in [5.41, 5.74) is 0.982. The van der Waals surface area contributed by atoms with Crippen molar-refractivity contribution in [2.45, 2.75) is 97.6 Å². The number of rotatable bonds is 7. The molecule has 1 saturated heterocycles. The molecule has 1 aromatic heterocycles. The fourth-order valence-electron chi connectivity index (χ4n) is 3.64. The Morgan fingerprint density at radius 3 is 2.57 bits per heavy atom. The molecule has 6 nitrogen and oxygen atoms in total. The van der Waals surface area contributed by atoms with E-state index in [-0.39, 0.29) is 29.6 Å². The lowest BCUT2D eigenvalue weighted by molar-refractivity contribution is -0.769. The van der Waals surface area contributed by atoms with Gasteiger partial charge >= 0.3 is 11.9 Å². The number of hydrogen-bond donors (Lipinski definition) is 0. The van der Waals surface area contributed by atoms with E-state index in [9.17, 15) is 0 Å². The van der Waals surface area contributed by atoms with E-state index in [0.717, 1.165) is 12.0 Å². The van der Waals surface area contributed by atoms with Gasteiger partial charge in [0.2, 0.25) is 6.23 Å². The summed E-state index contributed by atoms with van der Waals surface area (Å²) in [5, 5.41) is 0.182. The van der Waals surface area contributed by atoms with Crippen LogP contribution in [-0.4, -0.2) is 38.2 Å². The van der Waals surface area contributed by atoms with Crippen molar-refractivity contribution >= 4 is 8.32 Å². The Kier molecular flexibility index (Phi) is 5.82. The molecule has 0 spiro atoms. The molecule has 28 heavy (non-hydrogen) atoms. The van der Waals surface area contributed by atoms with Gasteiger partial charge in [-0.3, -0.25) is 0 Å². The van der Waals surface area contributed by atoms with E-state index in [0.29, 0.717) is 24.4 Å². The molecule has 3 heterocycles. The van der Waals surface area contributed by atoms with Crippen LogP contribution in [0.4, 0.5) is 0 Å². The predicted octanol–water partition coefficient (Wildman–Crippen LogP) is 4.17. The van der Waals surface area contributed by atoms with Crippen LogP contribution in [0.1, 0.15) is 59.8 Å². The summed E-state index contributed by atoms with van der Waals surface area (Å²) in [7, 11) is -1.90. The average molecular weight is 410 g/mol. The van der Waals surface area contributed by atoms with Crippen molar-refractivity contribution in [3.8, 4) is 11.9 Å². The van der Waals surface area contributed by atoms with Gasteiger partial charge in [-0.05, 0) is 44.8 Å². The maximum absolute atomic E-state index is 6.53.